The minimum Gasteiger partial charge on any atom is -0.373 e. The number of thioether (sulfide) groups is 2. The second-order valence-corrected chi connectivity index (χ2v) is 11.1. The molecule has 6 nitrogen and oxygen atoms in total. The molecule has 3 aliphatic heterocycles. The van der Waals surface area contributed by atoms with Crippen LogP contribution in [0.15, 0.2) is 82.9 Å². The Bertz CT molecular complexity index is 1110. The van der Waals surface area contributed by atoms with Gasteiger partial charge in [-0.2, -0.15) is 0 Å². The van der Waals surface area contributed by atoms with Crippen molar-refractivity contribution in [2.24, 2.45) is 0 Å². The number of nitrogens with zero attached hydrogens (tertiary/aromatic N) is 4. The van der Waals surface area contributed by atoms with Crippen molar-refractivity contribution in [1.29, 1.82) is 0 Å². The molecule has 0 radical (unpaired) electrons. The lowest BCUT2D eigenvalue weighted by molar-refractivity contribution is -0.114. The van der Waals surface area contributed by atoms with Crippen LogP contribution >= 0.6 is 48.0 Å². The van der Waals surface area contributed by atoms with Gasteiger partial charge in [0.05, 0.1) is 21.2 Å². The number of carbonyl (C=O) groups excluding carboxylic acids is 2. The highest BCUT2D eigenvalue weighted by atomic mass is 32.2. The van der Waals surface area contributed by atoms with E-state index >= 15 is 0 Å². The number of hydrogen-bond acceptors (Lipinski definition) is 8. The van der Waals surface area contributed by atoms with Crippen molar-refractivity contribution < 1.29 is 9.59 Å². The van der Waals surface area contributed by atoms with Crippen LogP contribution in [0.25, 0.3) is 0 Å². The van der Waals surface area contributed by atoms with Crippen LogP contribution in [0, 0.1) is 0 Å². The summed E-state index contributed by atoms with van der Waals surface area (Å²) < 4.78 is 1.09. The number of benzene rings is 2. The molecule has 2 aromatic rings. The monoisotopic (exact) mass is 524 g/mol. The van der Waals surface area contributed by atoms with Crippen LogP contribution in [0.5, 0.6) is 0 Å². The molecule has 5 rings (SSSR count). The molecule has 0 atom stereocenters. The van der Waals surface area contributed by atoms with E-state index in [1.54, 1.807) is 9.80 Å². The summed E-state index contributed by atoms with van der Waals surface area (Å²) in [5.41, 5.74) is 1.57. The van der Waals surface area contributed by atoms with E-state index in [0.29, 0.717) is 18.5 Å². The molecule has 10 heteroatoms. The Balaban J connectivity index is 1.22. The van der Waals surface area contributed by atoms with Crippen LogP contribution in [0.2, 0.25) is 0 Å². The molecule has 0 aliphatic carbocycles. The third kappa shape index (κ3) is 4.63. The van der Waals surface area contributed by atoms with E-state index in [0.717, 1.165) is 37.6 Å². The fourth-order valence-electron chi connectivity index (χ4n) is 3.84. The molecule has 2 amide bonds. The molecule has 172 valence electrons. The summed E-state index contributed by atoms with van der Waals surface area (Å²) in [5, 5.41) is 0. The van der Waals surface area contributed by atoms with Gasteiger partial charge in [-0.15, -0.1) is 0 Å². The van der Waals surface area contributed by atoms with Crippen molar-refractivity contribution in [1.82, 2.24) is 9.80 Å². The number of rotatable bonds is 4. The fraction of sp³-hybridized carbons (Fsp3) is 0.167. The third-order valence-electron chi connectivity index (χ3n) is 5.56. The van der Waals surface area contributed by atoms with Crippen LogP contribution in [0.3, 0.4) is 0 Å². The molecule has 0 unspecified atom stereocenters. The van der Waals surface area contributed by atoms with Crippen LogP contribution in [-0.4, -0.2) is 56.4 Å². The maximum Gasteiger partial charge on any atom is 0.272 e. The van der Waals surface area contributed by atoms with E-state index in [2.05, 4.69) is 9.80 Å². The summed E-state index contributed by atoms with van der Waals surface area (Å²) >= 11 is 13.6. The molecule has 0 N–H and O–H groups in total. The molecule has 0 spiro atoms. The first-order chi connectivity index (χ1) is 16.5. The van der Waals surface area contributed by atoms with Gasteiger partial charge in [0.1, 0.15) is 0 Å². The first-order valence-electron chi connectivity index (χ1n) is 10.7. The molecule has 3 heterocycles. The first kappa shape index (κ1) is 23.1. The number of thiocarbonyl (C=S) groups is 2. The summed E-state index contributed by atoms with van der Waals surface area (Å²) in [5.74, 6) is -0.179. The van der Waals surface area contributed by atoms with Gasteiger partial charge in [-0.25, -0.2) is 0 Å². The van der Waals surface area contributed by atoms with E-state index < -0.39 is 0 Å². The predicted molar refractivity (Wildman–Crippen MR) is 148 cm³/mol. The van der Waals surface area contributed by atoms with Crippen molar-refractivity contribution >= 4 is 79.8 Å². The molecular weight excluding hydrogens is 505 g/mol. The summed E-state index contributed by atoms with van der Waals surface area (Å²) in [6.07, 6.45) is 3.82. The van der Waals surface area contributed by atoms with Gasteiger partial charge in [0.15, 0.2) is 8.64 Å². The fourth-order valence-corrected chi connectivity index (χ4v) is 6.45. The van der Waals surface area contributed by atoms with Gasteiger partial charge in [-0.05, 0) is 24.3 Å². The molecular formula is C24H20N4O2S4. The van der Waals surface area contributed by atoms with Gasteiger partial charge in [-0.1, -0.05) is 84.4 Å². The lowest BCUT2D eigenvalue weighted by Gasteiger charge is -2.33. The number of anilines is 2. The Morgan fingerprint density at radius 1 is 0.618 bits per heavy atom. The Hall–Kier alpha value is -2.66. The highest BCUT2D eigenvalue weighted by molar-refractivity contribution is 8.27. The van der Waals surface area contributed by atoms with Crippen molar-refractivity contribution in [2.45, 2.75) is 0 Å². The smallest absolute Gasteiger partial charge is 0.272 e. The molecule has 34 heavy (non-hydrogen) atoms. The first-order valence-corrected chi connectivity index (χ1v) is 13.1. The normalized spacial score (nSPS) is 21.5. The SMILES string of the molecule is O=C1/C(=C\N2CCN(/C=C3/SC(=S)N(c4ccccc4)C3=O)CC2)SC(=S)N1c1ccccc1. The van der Waals surface area contributed by atoms with E-state index in [1.165, 1.54) is 23.5 Å². The maximum absolute atomic E-state index is 12.9. The largest absolute Gasteiger partial charge is 0.373 e. The standard InChI is InChI=1S/C24H20N4O2S4/c29-21-19(33-23(31)27(21)17-7-3-1-4-8-17)15-25-11-13-26(14-12-25)16-20-22(30)28(24(32)34-20)18-9-5-2-6-10-18/h1-10,15-16H,11-14H2/b19-15+,20-16+. The quantitative estimate of drug-likeness (QED) is 0.431. The highest BCUT2D eigenvalue weighted by Crippen LogP contribution is 2.36. The molecule has 2 aromatic carbocycles. The van der Waals surface area contributed by atoms with Gasteiger partial charge in [0.2, 0.25) is 0 Å². The van der Waals surface area contributed by atoms with Gasteiger partial charge in [0.25, 0.3) is 11.8 Å². The second kappa shape index (κ2) is 9.91. The predicted octanol–water partition coefficient (Wildman–Crippen LogP) is 4.42. The van der Waals surface area contributed by atoms with Gasteiger partial charge in [-0.3, -0.25) is 19.4 Å². The zero-order valence-corrected chi connectivity index (χ0v) is 21.3. The van der Waals surface area contributed by atoms with Crippen LogP contribution < -0.4 is 9.80 Å². The minimum absolute atomic E-state index is 0.0896. The van der Waals surface area contributed by atoms with Gasteiger partial charge in [0, 0.05) is 38.6 Å². The Labute approximate surface area is 217 Å². The Morgan fingerprint density at radius 2 is 0.971 bits per heavy atom. The third-order valence-corrected chi connectivity index (χ3v) is 8.14. The number of amides is 2. The Morgan fingerprint density at radius 3 is 1.32 bits per heavy atom. The average molecular weight is 525 g/mol. The molecule has 3 saturated heterocycles. The second-order valence-electron chi connectivity index (χ2n) is 7.75. The summed E-state index contributed by atoms with van der Waals surface area (Å²) in [6.45, 7) is 2.96. The molecule has 0 aromatic heterocycles. The van der Waals surface area contributed by atoms with E-state index in [9.17, 15) is 9.59 Å². The minimum atomic E-state index is -0.0896. The van der Waals surface area contributed by atoms with Crippen molar-refractivity contribution in [3.8, 4) is 0 Å². The van der Waals surface area contributed by atoms with Crippen molar-refractivity contribution in [3.05, 3.63) is 82.9 Å². The highest BCUT2D eigenvalue weighted by Gasteiger charge is 2.35. The molecule has 3 aliphatic rings. The lowest BCUT2D eigenvalue weighted by atomic mass is 10.3. The molecule has 0 saturated carbocycles. The maximum atomic E-state index is 12.9. The number of hydrogen-bond donors (Lipinski definition) is 0. The van der Waals surface area contributed by atoms with E-state index in [-0.39, 0.29) is 11.8 Å². The summed E-state index contributed by atoms with van der Waals surface area (Å²) in [7, 11) is 0. The molecule has 3 fully saturated rings. The molecule has 0 bridgehead atoms. The number of carbonyl (C=O) groups is 2. The van der Waals surface area contributed by atoms with Crippen molar-refractivity contribution in [2.75, 3.05) is 36.0 Å². The zero-order chi connectivity index (χ0) is 23.7. The van der Waals surface area contributed by atoms with E-state index in [4.69, 9.17) is 24.4 Å². The summed E-state index contributed by atoms with van der Waals surface area (Å²) in [4.78, 5) is 34.6. The summed E-state index contributed by atoms with van der Waals surface area (Å²) in [6, 6.07) is 18.9. The van der Waals surface area contributed by atoms with Gasteiger partial charge < -0.3 is 9.80 Å². The van der Waals surface area contributed by atoms with E-state index in [1.807, 2.05) is 73.1 Å². The lowest BCUT2D eigenvalue weighted by Crippen LogP contribution is -2.42. The number of para-hydroxylation sites is 2. The van der Waals surface area contributed by atoms with Crippen molar-refractivity contribution in [3.63, 3.8) is 0 Å². The van der Waals surface area contributed by atoms with Crippen LogP contribution in [-0.2, 0) is 9.59 Å². The van der Waals surface area contributed by atoms with Crippen LogP contribution in [0.4, 0.5) is 11.4 Å². The average Bonchev–Trinajstić information content (AvgIpc) is 3.29. The van der Waals surface area contributed by atoms with Gasteiger partial charge >= 0.3 is 0 Å². The zero-order valence-electron chi connectivity index (χ0n) is 18.0. The Kier molecular flexibility index (Phi) is 6.73. The van der Waals surface area contributed by atoms with Crippen LogP contribution in [0.1, 0.15) is 0 Å². The topological polar surface area (TPSA) is 47.1 Å². The number of piperazine rings is 1.